The first-order chi connectivity index (χ1) is 8.76. The Labute approximate surface area is 114 Å². The maximum absolute atomic E-state index is 4.48. The van der Waals surface area contributed by atoms with Crippen LogP contribution in [0.5, 0.6) is 0 Å². The molecule has 0 aliphatic heterocycles. The average Bonchev–Trinajstić information content (AvgIpc) is 3.11. The van der Waals surface area contributed by atoms with Crippen molar-refractivity contribution in [3.05, 3.63) is 28.2 Å². The molecule has 1 heterocycles. The summed E-state index contributed by atoms with van der Waals surface area (Å²) in [4.78, 5) is 5.87. The molecule has 2 bridgehead atoms. The lowest BCUT2D eigenvalue weighted by atomic mass is 9.87. The van der Waals surface area contributed by atoms with E-state index in [2.05, 4.69) is 36.3 Å². The van der Waals surface area contributed by atoms with Crippen molar-refractivity contribution in [1.82, 2.24) is 10.3 Å². The van der Waals surface area contributed by atoms with Crippen molar-refractivity contribution in [3.8, 4) is 0 Å². The Hall–Kier alpha value is -0.670. The topological polar surface area (TPSA) is 24.9 Å². The summed E-state index contributed by atoms with van der Waals surface area (Å²) >= 11 is 1.85. The molecule has 0 amide bonds. The highest BCUT2D eigenvalue weighted by atomic mass is 32.1. The molecule has 2 aliphatic carbocycles. The van der Waals surface area contributed by atoms with Crippen LogP contribution in [-0.2, 0) is 13.0 Å². The van der Waals surface area contributed by atoms with E-state index >= 15 is 0 Å². The molecule has 0 radical (unpaired) electrons. The third kappa shape index (κ3) is 2.39. The molecule has 0 aromatic carbocycles. The number of rotatable bonds is 5. The molecule has 2 nitrogen and oxygen atoms in total. The maximum Gasteiger partial charge on any atom is 0.107 e. The van der Waals surface area contributed by atoms with Crippen molar-refractivity contribution in [1.29, 1.82) is 0 Å². The zero-order valence-electron chi connectivity index (χ0n) is 11.2. The van der Waals surface area contributed by atoms with Crippen LogP contribution >= 0.6 is 11.3 Å². The summed E-state index contributed by atoms with van der Waals surface area (Å²) in [6.07, 6.45) is 10.8. The first-order valence-corrected chi connectivity index (χ1v) is 7.93. The van der Waals surface area contributed by atoms with Crippen molar-refractivity contribution in [2.24, 2.45) is 17.8 Å². The highest BCUT2D eigenvalue weighted by Gasteiger charge is 2.38. The summed E-state index contributed by atoms with van der Waals surface area (Å²) in [7, 11) is 0. The van der Waals surface area contributed by atoms with Crippen molar-refractivity contribution < 1.29 is 0 Å². The van der Waals surface area contributed by atoms with E-state index < -0.39 is 0 Å². The number of aromatic nitrogens is 1. The molecule has 1 aromatic heterocycles. The molecule has 1 fully saturated rings. The molecule has 0 spiro atoms. The third-order valence-electron chi connectivity index (χ3n) is 4.50. The molecular formula is C15H22N2S. The monoisotopic (exact) mass is 262 g/mol. The molecule has 1 aromatic rings. The van der Waals surface area contributed by atoms with Gasteiger partial charge >= 0.3 is 0 Å². The van der Waals surface area contributed by atoms with Crippen molar-refractivity contribution >= 4 is 11.3 Å². The van der Waals surface area contributed by atoms with Crippen LogP contribution in [0.25, 0.3) is 0 Å². The summed E-state index contributed by atoms with van der Waals surface area (Å²) < 4.78 is 0. The predicted octanol–water partition coefficient (Wildman–Crippen LogP) is 3.40. The van der Waals surface area contributed by atoms with Crippen molar-refractivity contribution in [3.63, 3.8) is 0 Å². The Morgan fingerprint density at radius 3 is 2.94 bits per heavy atom. The Balaban J connectivity index is 1.52. The zero-order valence-corrected chi connectivity index (χ0v) is 12.0. The van der Waals surface area contributed by atoms with Crippen LogP contribution in [0.15, 0.2) is 18.3 Å². The standard InChI is InChI=1S/C15H22N2S/c1-3-13-8-17-15(18-13)9-16-10(2)14-7-11-4-5-12(14)6-11/h4-5,8,10-12,14,16H,3,6-7,9H2,1-2H3. The van der Waals surface area contributed by atoms with Gasteiger partial charge in [0.25, 0.3) is 0 Å². The van der Waals surface area contributed by atoms with Gasteiger partial charge in [0, 0.05) is 23.7 Å². The van der Waals surface area contributed by atoms with E-state index in [-0.39, 0.29) is 0 Å². The van der Waals surface area contributed by atoms with Gasteiger partial charge in [-0.25, -0.2) is 4.98 Å². The number of hydrogen-bond acceptors (Lipinski definition) is 3. The molecule has 1 saturated carbocycles. The van der Waals surface area contributed by atoms with Crippen LogP contribution in [0.4, 0.5) is 0 Å². The van der Waals surface area contributed by atoms with Gasteiger partial charge in [-0.2, -0.15) is 0 Å². The fourth-order valence-corrected chi connectivity index (χ4v) is 4.20. The fraction of sp³-hybridized carbons (Fsp3) is 0.667. The SMILES string of the molecule is CCc1cnc(CNC(C)C2CC3C=CC2C3)s1. The summed E-state index contributed by atoms with van der Waals surface area (Å²) in [5.74, 6) is 2.54. The van der Waals surface area contributed by atoms with E-state index in [0.717, 1.165) is 30.7 Å². The van der Waals surface area contributed by atoms with Crippen LogP contribution in [0.3, 0.4) is 0 Å². The van der Waals surface area contributed by atoms with Crippen LogP contribution < -0.4 is 5.32 Å². The minimum absolute atomic E-state index is 0.610. The van der Waals surface area contributed by atoms with Gasteiger partial charge in [0.2, 0.25) is 0 Å². The predicted molar refractivity (Wildman–Crippen MR) is 76.6 cm³/mol. The molecule has 3 heteroatoms. The van der Waals surface area contributed by atoms with Gasteiger partial charge in [0.1, 0.15) is 5.01 Å². The molecule has 3 rings (SSSR count). The van der Waals surface area contributed by atoms with E-state index in [1.165, 1.54) is 22.7 Å². The fourth-order valence-electron chi connectivity index (χ4n) is 3.39. The van der Waals surface area contributed by atoms with Gasteiger partial charge < -0.3 is 5.32 Å². The first-order valence-electron chi connectivity index (χ1n) is 7.11. The molecule has 4 unspecified atom stereocenters. The number of hydrogen-bond donors (Lipinski definition) is 1. The molecule has 0 saturated heterocycles. The lowest BCUT2D eigenvalue weighted by Gasteiger charge is -2.26. The van der Waals surface area contributed by atoms with Gasteiger partial charge in [0.05, 0.1) is 0 Å². The van der Waals surface area contributed by atoms with Crippen molar-refractivity contribution in [2.45, 2.75) is 45.7 Å². The van der Waals surface area contributed by atoms with Gasteiger partial charge in [-0.15, -0.1) is 11.3 Å². The largest absolute Gasteiger partial charge is 0.308 e. The highest BCUT2D eigenvalue weighted by Crippen LogP contribution is 2.44. The first kappa shape index (κ1) is 12.4. The van der Waals surface area contributed by atoms with Crippen LogP contribution in [0, 0.1) is 17.8 Å². The minimum atomic E-state index is 0.610. The van der Waals surface area contributed by atoms with Crippen LogP contribution in [-0.4, -0.2) is 11.0 Å². The molecule has 4 atom stereocenters. The van der Waals surface area contributed by atoms with Gasteiger partial charge in [-0.1, -0.05) is 19.1 Å². The van der Waals surface area contributed by atoms with E-state index in [1.54, 1.807) is 0 Å². The highest BCUT2D eigenvalue weighted by molar-refractivity contribution is 7.11. The lowest BCUT2D eigenvalue weighted by molar-refractivity contribution is 0.326. The molecule has 98 valence electrons. The summed E-state index contributed by atoms with van der Waals surface area (Å²) in [6.45, 7) is 5.46. The quantitative estimate of drug-likeness (QED) is 0.823. The number of nitrogens with zero attached hydrogens (tertiary/aromatic N) is 1. The Morgan fingerprint density at radius 2 is 2.33 bits per heavy atom. The number of allylic oxidation sites excluding steroid dienone is 2. The number of thiazole rings is 1. The number of aryl methyl sites for hydroxylation is 1. The molecule has 2 aliphatic rings. The van der Waals surface area contributed by atoms with E-state index in [1.807, 2.05) is 17.5 Å². The molecular weight excluding hydrogens is 240 g/mol. The summed E-state index contributed by atoms with van der Waals surface area (Å²) in [6, 6.07) is 0.610. The second kappa shape index (κ2) is 5.14. The minimum Gasteiger partial charge on any atom is -0.308 e. The second-order valence-electron chi connectivity index (χ2n) is 5.69. The van der Waals surface area contributed by atoms with Crippen LogP contribution in [0.1, 0.15) is 36.6 Å². The smallest absolute Gasteiger partial charge is 0.107 e. The van der Waals surface area contributed by atoms with Gasteiger partial charge in [-0.3, -0.25) is 0 Å². The second-order valence-corrected chi connectivity index (χ2v) is 6.89. The average molecular weight is 262 g/mol. The Morgan fingerprint density at radius 1 is 1.44 bits per heavy atom. The Bertz CT molecular complexity index is 437. The summed E-state index contributed by atoms with van der Waals surface area (Å²) in [5.41, 5.74) is 0. The normalized spacial score (nSPS) is 31.1. The molecule has 1 N–H and O–H groups in total. The van der Waals surface area contributed by atoms with E-state index in [0.29, 0.717) is 6.04 Å². The van der Waals surface area contributed by atoms with Gasteiger partial charge in [0.15, 0.2) is 0 Å². The maximum atomic E-state index is 4.48. The third-order valence-corrected chi connectivity index (χ3v) is 5.64. The summed E-state index contributed by atoms with van der Waals surface area (Å²) in [5, 5.41) is 4.91. The van der Waals surface area contributed by atoms with Gasteiger partial charge in [-0.05, 0) is 43.9 Å². The Kier molecular flexibility index (Phi) is 3.53. The lowest BCUT2D eigenvalue weighted by Crippen LogP contribution is -2.35. The zero-order chi connectivity index (χ0) is 12.5. The van der Waals surface area contributed by atoms with Crippen molar-refractivity contribution in [2.75, 3.05) is 0 Å². The van der Waals surface area contributed by atoms with Crippen LogP contribution in [0.2, 0.25) is 0 Å². The van der Waals surface area contributed by atoms with E-state index in [9.17, 15) is 0 Å². The number of nitrogens with one attached hydrogen (secondary N) is 1. The molecule has 18 heavy (non-hydrogen) atoms. The number of fused-ring (bicyclic) bond motifs is 2. The van der Waals surface area contributed by atoms with E-state index in [4.69, 9.17) is 0 Å².